The van der Waals surface area contributed by atoms with Crippen molar-refractivity contribution in [3.63, 3.8) is 0 Å². The molecule has 1 atom stereocenters. The fraction of sp³-hybridized carbons (Fsp3) is 0.353. The van der Waals surface area contributed by atoms with Gasteiger partial charge >= 0.3 is 0 Å². The lowest BCUT2D eigenvalue weighted by Crippen LogP contribution is -2.45. The van der Waals surface area contributed by atoms with E-state index in [0.29, 0.717) is 6.04 Å². The van der Waals surface area contributed by atoms with Crippen molar-refractivity contribution >= 4 is 24.2 Å². The largest absolute Gasteiger partial charge is 0.314 e. The second kappa shape index (κ2) is 8.53. The monoisotopic (exact) mass is 335 g/mol. The molecule has 2 aromatic rings. The summed E-state index contributed by atoms with van der Waals surface area (Å²) in [5.41, 5.74) is 2.68. The van der Waals surface area contributed by atoms with Crippen molar-refractivity contribution in [2.24, 2.45) is 0 Å². The average molecular weight is 336 g/mol. The smallest absolute Gasteiger partial charge is 0.0491 e. The van der Waals surface area contributed by atoms with Crippen LogP contribution in [0.1, 0.15) is 17.2 Å². The first-order chi connectivity index (χ1) is 10.4. The molecule has 118 valence electrons. The third-order valence-corrected chi connectivity index (χ3v) is 4.71. The van der Waals surface area contributed by atoms with Crippen LogP contribution in [0.15, 0.2) is 53.7 Å². The van der Waals surface area contributed by atoms with Gasteiger partial charge in [-0.2, -0.15) is 0 Å². The number of thioether (sulfide) groups is 1. The predicted octanol–water partition coefficient (Wildman–Crippen LogP) is 3.37. The minimum Gasteiger partial charge on any atom is -0.314 e. The van der Waals surface area contributed by atoms with E-state index in [4.69, 9.17) is 0 Å². The van der Waals surface area contributed by atoms with Gasteiger partial charge in [-0.1, -0.05) is 18.2 Å². The van der Waals surface area contributed by atoms with Crippen molar-refractivity contribution in [1.29, 1.82) is 0 Å². The Labute approximate surface area is 142 Å². The highest BCUT2D eigenvalue weighted by Gasteiger charge is 2.23. The highest BCUT2D eigenvalue weighted by Crippen LogP contribution is 2.24. The molecular formula is C17H22ClN3S. The molecule has 1 aromatic heterocycles. The van der Waals surface area contributed by atoms with Gasteiger partial charge in [0.2, 0.25) is 0 Å². The van der Waals surface area contributed by atoms with Gasteiger partial charge in [-0.15, -0.1) is 24.2 Å². The van der Waals surface area contributed by atoms with Crippen molar-refractivity contribution < 1.29 is 0 Å². The van der Waals surface area contributed by atoms with Gasteiger partial charge in [0.1, 0.15) is 0 Å². The number of benzene rings is 1. The Morgan fingerprint density at radius 2 is 2.09 bits per heavy atom. The third-order valence-electron chi connectivity index (χ3n) is 3.97. The molecule has 2 heterocycles. The Morgan fingerprint density at radius 3 is 2.77 bits per heavy atom. The average Bonchev–Trinajstić information content (AvgIpc) is 2.57. The number of rotatable bonds is 4. The first-order valence-corrected chi connectivity index (χ1v) is 8.57. The lowest BCUT2D eigenvalue weighted by molar-refractivity contribution is 0.153. The topological polar surface area (TPSA) is 28.2 Å². The number of pyridine rings is 1. The molecule has 1 aromatic carbocycles. The summed E-state index contributed by atoms with van der Waals surface area (Å²) in [6, 6.07) is 13.5. The van der Waals surface area contributed by atoms with E-state index in [9.17, 15) is 0 Å². The maximum absolute atomic E-state index is 4.27. The molecule has 22 heavy (non-hydrogen) atoms. The SMILES string of the molecule is CSc1ccc(CN2CCNCC2c2cccnc2)cc1.Cl. The molecule has 1 unspecified atom stereocenters. The molecule has 0 radical (unpaired) electrons. The van der Waals surface area contributed by atoms with E-state index in [1.807, 2.05) is 18.5 Å². The molecule has 0 spiro atoms. The molecule has 1 saturated heterocycles. The van der Waals surface area contributed by atoms with E-state index in [-0.39, 0.29) is 12.4 Å². The molecule has 0 aliphatic carbocycles. The van der Waals surface area contributed by atoms with E-state index >= 15 is 0 Å². The lowest BCUT2D eigenvalue weighted by Gasteiger charge is -2.36. The predicted molar refractivity (Wildman–Crippen MR) is 95.7 cm³/mol. The number of nitrogens with zero attached hydrogens (tertiary/aromatic N) is 2. The molecule has 0 amide bonds. The lowest BCUT2D eigenvalue weighted by atomic mass is 10.0. The van der Waals surface area contributed by atoms with E-state index < -0.39 is 0 Å². The van der Waals surface area contributed by atoms with Crippen LogP contribution in [0.5, 0.6) is 0 Å². The van der Waals surface area contributed by atoms with E-state index in [2.05, 4.69) is 51.8 Å². The molecule has 3 rings (SSSR count). The third kappa shape index (κ3) is 4.23. The summed E-state index contributed by atoms with van der Waals surface area (Å²) >= 11 is 1.79. The maximum Gasteiger partial charge on any atom is 0.0491 e. The summed E-state index contributed by atoms with van der Waals surface area (Å²) < 4.78 is 0. The van der Waals surface area contributed by atoms with Gasteiger partial charge in [-0.05, 0) is 35.6 Å². The van der Waals surface area contributed by atoms with Crippen molar-refractivity contribution in [3.8, 4) is 0 Å². The summed E-state index contributed by atoms with van der Waals surface area (Å²) in [7, 11) is 0. The Morgan fingerprint density at radius 1 is 1.27 bits per heavy atom. The highest BCUT2D eigenvalue weighted by molar-refractivity contribution is 7.98. The number of piperazine rings is 1. The molecule has 1 fully saturated rings. The minimum absolute atomic E-state index is 0. The Balaban J connectivity index is 0.00000176. The minimum atomic E-state index is 0. The van der Waals surface area contributed by atoms with E-state index in [1.54, 1.807) is 11.8 Å². The van der Waals surface area contributed by atoms with Crippen LogP contribution in [0, 0.1) is 0 Å². The zero-order chi connectivity index (χ0) is 14.5. The molecule has 0 saturated carbocycles. The van der Waals surface area contributed by atoms with E-state index in [1.165, 1.54) is 16.0 Å². The van der Waals surface area contributed by atoms with Crippen LogP contribution in [0.25, 0.3) is 0 Å². The first-order valence-electron chi connectivity index (χ1n) is 7.34. The Bertz CT molecular complexity index is 562. The normalized spacial score (nSPS) is 18.7. The van der Waals surface area contributed by atoms with Crippen molar-refractivity contribution in [2.45, 2.75) is 17.5 Å². The van der Waals surface area contributed by atoms with Gasteiger partial charge in [-0.3, -0.25) is 9.88 Å². The molecular weight excluding hydrogens is 314 g/mol. The van der Waals surface area contributed by atoms with Crippen LogP contribution in [-0.2, 0) is 6.54 Å². The quantitative estimate of drug-likeness (QED) is 0.867. The number of hydrogen-bond donors (Lipinski definition) is 1. The van der Waals surface area contributed by atoms with Gasteiger partial charge in [0.05, 0.1) is 0 Å². The number of aromatic nitrogens is 1. The zero-order valence-electron chi connectivity index (χ0n) is 12.7. The fourth-order valence-electron chi connectivity index (χ4n) is 2.80. The summed E-state index contributed by atoms with van der Waals surface area (Å²) in [5.74, 6) is 0. The van der Waals surface area contributed by atoms with Crippen LogP contribution >= 0.6 is 24.2 Å². The molecule has 1 aliphatic heterocycles. The Hall–Kier alpha value is -1.07. The van der Waals surface area contributed by atoms with Crippen LogP contribution in [0.4, 0.5) is 0 Å². The summed E-state index contributed by atoms with van der Waals surface area (Å²) in [6.45, 7) is 4.12. The number of halogens is 1. The second-order valence-electron chi connectivity index (χ2n) is 5.32. The number of nitrogens with one attached hydrogen (secondary N) is 1. The summed E-state index contributed by atoms with van der Waals surface area (Å²) in [5, 5.41) is 3.49. The fourth-order valence-corrected chi connectivity index (χ4v) is 3.21. The van der Waals surface area contributed by atoms with Crippen LogP contribution in [-0.4, -0.2) is 35.8 Å². The summed E-state index contributed by atoms with van der Waals surface area (Å²) in [4.78, 5) is 8.13. The maximum atomic E-state index is 4.27. The standard InChI is InChI=1S/C17H21N3S.ClH/c1-21-16-6-4-14(5-7-16)13-20-10-9-19-12-17(20)15-3-2-8-18-11-15;/h2-8,11,17,19H,9-10,12-13H2,1H3;1H. The van der Waals surface area contributed by atoms with Crippen LogP contribution in [0.3, 0.4) is 0 Å². The Kier molecular flexibility index (Phi) is 6.70. The van der Waals surface area contributed by atoms with Gasteiger partial charge in [0.15, 0.2) is 0 Å². The first kappa shape index (κ1) is 17.3. The van der Waals surface area contributed by atoms with Gasteiger partial charge in [0.25, 0.3) is 0 Å². The van der Waals surface area contributed by atoms with Crippen molar-refractivity contribution in [1.82, 2.24) is 15.2 Å². The molecule has 1 N–H and O–H groups in total. The molecule has 1 aliphatic rings. The van der Waals surface area contributed by atoms with Crippen LogP contribution < -0.4 is 5.32 Å². The zero-order valence-corrected chi connectivity index (χ0v) is 14.4. The van der Waals surface area contributed by atoms with Crippen LogP contribution in [0.2, 0.25) is 0 Å². The van der Waals surface area contributed by atoms with E-state index in [0.717, 1.165) is 26.2 Å². The number of hydrogen-bond acceptors (Lipinski definition) is 4. The van der Waals surface area contributed by atoms with Gasteiger partial charge in [-0.25, -0.2) is 0 Å². The molecule has 3 nitrogen and oxygen atoms in total. The van der Waals surface area contributed by atoms with Gasteiger partial charge in [0, 0.05) is 49.5 Å². The molecule has 5 heteroatoms. The van der Waals surface area contributed by atoms with Gasteiger partial charge < -0.3 is 5.32 Å². The van der Waals surface area contributed by atoms with Crippen molar-refractivity contribution in [2.75, 3.05) is 25.9 Å². The second-order valence-corrected chi connectivity index (χ2v) is 6.20. The molecule has 0 bridgehead atoms. The highest BCUT2D eigenvalue weighted by atomic mass is 35.5. The summed E-state index contributed by atoms with van der Waals surface area (Å²) in [6.07, 6.45) is 5.94. The van der Waals surface area contributed by atoms with Crippen molar-refractivity contribution in [3.05, 3.63) is 59.9 Å².